The van der Waals surface area contributed by atoms with Gasteiger partial charge < -0.3 is 0 Å². The van der Waals surface area contributed by atoms with E-state index in [9.17, 15) is 13.2 Å². The van der Waals surface area contributed by atoms with Crippen molar-refractivity contribution in [3.8, 4) is 10.6 Å². The zero-order valence-corrected chi connectivity index (χ0v) is 12.4. The average molecular weight is 328 g/mol. The van der Waals surface area contributed by atoms with E-state index in [2.05, 4.69) is 4.98 Å². The van der Waals surface area contributed by atoms with Crippen LogP contribution in [0.25, 0.3) is 20.8 Å². The van der Waals surface area contributed by atoms with E-state index >= 15 is 0 Å². The highest BCUT2D eigenvalue weighted by Gasteiger charge is 2.33. The van der Waals surface area contributed by atoms with E-state index < -0.39 is 11.7 Å². The van der Waals surface area contributed by atoms with Gasteiger partial charge in [-0.1, -0.05) is 23.7 Å². The molecule has 0 radical (unpaired) electrons. The Labute approximate surface area is 128 Å². The third-order valence-corrected chi connectivity index (χ3v) is 4.46. The fourth-order valence-electron chi connectivity index (χ4n) is 2.03. The van der Waals surface area contributed by atoms with Crippen LogP contribution in [0.1, 0.15) is 11.1 Å². The molecule has 0 N–H and O–H groups in total. The molecule has 6 heteroatoms. The number of benzene rings is 2. The number of hydrogen-bond acceptors (Lipinski definition) is 2. The van der Waals surface area contributed by atoms with E-state index in [1.807, 2.05) is 25.1 Å². The number of nitrogens with zero attached hydrogens (tertiary/aromatic N) is 1. The van der Waals surface area contributed by atoms with Gasteiger partial charge in [0.25, 0.3) is 0 Å². The molecule has 1 nitrogen and oxygen atoms in total. The fourth-order valence-corrected chi connectivity index (χ4v) is 3.32. The Morgan fingerprint density at radius 3 is 2.57 bits per heavy atom. The first-order chi connectivity index (χ1) is 9.84. The van der Waals surface area contributed by atoms with Crippen molar-refractivity contribution in [2.24, 2.45) is 0 Å². The summed E-state index contributed by atoms with van der Waals surface area (Å²) in [7, 11) is 0. The quantitative estimate of drug-likeness (QED) is 0.538. The molecule has 21 heavy (non-hydrogen) atoms. The SMILES string of the molecule is Cc1ccc2nc(-c3ccc(Cl)c(C(F)(F)F)c3)sc2c1. The Kier molecular flexibility index (Phi) is 3.42. The maximum atomic E-state index is 12.9. The molecule has 0 aliphatic heterocycles. The summed E-state index contributed by atoms with van der Waals surface area (Å²) in [6.07, 6.45) is -4.47. The summed E-state index contributed by atoms with van der Waals surface area (Å²) in [6, 6.07) is 9.63. The largest absolute Gasteiger partial charge is 0.417 e. The molecule has 2 aromatic carbocycles. The number of fused-ring (bicyclic) bond motifs is 1. The van der Waals surface area contributed by atoms with Crippen molar-refractivity contribution in [2.75, 3.05) is 0 Å². The standard InChI is InChI=1S/C15H9ClF3NS/c1-8-2-5-12-13(6-8)21-14(20-12)9-3-4-11(16)10(7-9)15(17,18)19/h2-7H,1H3. The Bertz CT molecular complexity index is 823. The molecule has 3 rings (SSSR count). The summed E-state index contributed by atoms with van der Waals surface area (Å²) >= 11 is 7.00. The highest BCUT2D eigenvalue weighted by molar-refractivity contribution is 7.21. The van der Waals surface area contributed by atoms with Crippen LogP contribution >= 0.6 is 22.9 Å². The molecule has 0 bridgehead atoms. The first kappa shape index (κ1) is 14.4. The van der Waals surface area contributed by atoms with Crippen molar-refractivity contribution in [3.63, 3.8) is 0 Å². The van der Waals surface area contributed by atoms with Crippen molar-refractivity contribution in [3.05, 3.63) is 52.5 Å². The molecule has 0 fully saturated rings. The molecule has 0 saturated carbocycles. The van der Waals surface area contributed by atoms with Gasteiger partial charge in [-0.25, -0.2) is 4.98 Å². The van der Waals surface area contributed by atoms with Gasteiger partial charge in [-0.05, 0) is 36.8 Å². The van der Waals surface area contributed by atoms with Crippen molar-refractivity contribution < 1.29 is 13.2 Å². The molecular weight excluding hydrogens is 319 g/mol. The second-order valence-electron chi connectivity index (χ2n) is 4.68. The van der Waals surface area contributed by atoms with E-state index in [1.165, 1.54) is 17.4 Å². The van der Waals surface area contributed by atoms with Crippen LogP contribution in [0, 0.1) is 6.92 Å². The number of hydrogen-bond donors (Lipinski definition) is 0. The number of aryl methyl sites for hydroxylation is 1. The summed E-state index contributed by atoms with van der Waals surface area (Å²) in [4.78, 5) is 4.38. The average Bonchev–Trinajstić information content (AvgIpc) is 2.80. The molecule has 0 aliphatic rings. The van der Waals surface area contributed by atoms with E-state index in [4.69, 9.17) is 11.6 Å². The summed E-state index contributed by atoms with van der Waals surface area (Å²) in [5.41, 5.74) is 1.46. The summed E-state index contributed by atoms with van der Waals surface area (Å²) < 4.78 is 39.7. The second-order valence-corrected chi connectivity index (χ2v) is 6.12. The molecule has 0 atom stereocenters. The van der Waals surface area contributed by atoms with Crippen LogP contribution in [0.4, 0.5) is 13.2 Å². The minimum absolute atomic E-state index is 0.303. The Morgan fingerprint density at radius 2 is 1.86 bits per heavy atom. The van der Waals surface area contributed by atoms with Gasteiger partial charge in [0.1, 0.15) is 5.01 Å². The third kappa shape index (κ3) is 2.76. The fraction of sp³-hybridized carbons (Fsp3) is 0.133. The maximum absolute atomic E-state index is 12.9. The molecule has 1 aromatic heterocycles. The Morgan fingerprint density at radius 1 is 1.10 bits per heavy atom. The minimum Gasteiger partial charge on any atom is -0.236 e. The third-order valence-electron chi connectivity index (χ3n) is 3.06. The lowest BCUT2D eigenvalue weighted by Gasteiger charge is -2.09. The first-order valence-electron chi connectivity index (χ1n) is 6.09. The lowest BCUT2D eigenvalue weighted by molar-refractivity contribution is -0.137. The zero-order chi connectivity index (χ0) is 15.2. The molecular formula is C15H9ClF3NS. The molecule has 0 spiro atoms. The number of aromatic nitrogens is 1. The normalized spacial score (nSPS) is 12.0. The van der Waals surface area contributed by atoms with Crippen molar-refractivity contribution >= 4 is 33.2 Å². The highest BCUT2D eigenvalue weighted by atomic mass is 35.5. The summed E-state index contributed by atoms with van der Waals surface area (Å²) in [6.45, 7) is 1.96. The highest BCUT2D eigenvalue weighted by Crippen LogP contribution is 2.38. The van der Waals surface area contributed by atoms with Gasteiger partial charge in [0.05, 0.1) is 20.8 Å². The predicted molar refractivity (Wildman–Crippen MR) is 79.8 cm³/mol. The van der Waals surface area contributed by atoms with Crippen LogP contribution in [0.15, 0.2) is 36.4 Å². The molecule has 108 valence electrons. The van der Waals surface area contributed by atoms with Gasteiger partial charge in [-0.2, -0.15) is 13.2 Å². The molecule has 0 amide bonds. The van der Waals surface area contributed by atoms with Gasteiger partial charge in [0.15, 0.2) is 0 Å². The molecule has 0 saturated heterocycles. The van der Waals surface area contributed by atoms with Gasteiger partial charge in [0, 0.05) is 5.56 Å². The van der Waals surface area contributed by atoms with Gasteiger partial charge in [-0.3, -0.25) is 0 Å². The van der Waals surface area contributed by atoms with Gasteiger partial charge in [0.2, 0.25) is 0 Å². The van der Waals surface area contributed by atoms with Gasteiger partial charge >= 0.3 is 6.18 Å². The number of halogens is 4. The van der Waals surface area contributed by atoms with Crippen LogP contribution in [0.3, 0.4) is 0 Å². The number of alkyl halides is 3. The van der Waals surface area contributed by atoms with E-state index in [0.29, 0.717) is 10.6 Å². The van der Waals surface area contributed by atoms with Gasteiger partial charge in [-0.15, -0.1) is 11.3 Å². The van der Waals surface area contributed by atoms with Crippen LogP contribution < -0.4 is 0 Å². The lowest BCUT2D eigenvalue weighted by Crippen LogP contribution is -2.05. The van der Waals surface area contributed by atoms with Crippen molar-refractivity contribution in [1.82, 2.24) is 4.98 Å². The Hall–Kier alpha value is -1.59. The molecule has 3 aromatic rings. The number of thiazole rings is 1. The molecule has 1 heterocycles. The zero-order valence-electron chi connectivity index (χ0n) is 10.8. The van der Waals surface area contributed by atoms with E-state index in [0.717, 1.165) is 21.8 Å². The molecule has 0 unspecified atom stereocenters. The number of rotatable bonds is 1. The van der Waals surface area contributed by atoms with Crippen LogP contribution in [-0.2, 0) is 6.18 Å². The maximum Gasteiger partial charge on any atom is 0.417 e. The minimum atomic E-state index is -4.47. The van der Waals surface area contributed by atoms with Crippen LogP contribution in [0.5, 0.6) is 0 Å². The van der Waals surface area contributed by atoms with Crippen LogP contribution in [-0.4, -0.2) is 4.98 Å². The lowest BCUT2D eigenvalue weighted by atomic mass is 10.1. The predicted octanol–water partition coefficient (Wildman–Crippen LogP) is 5.94. The summed E-state index contributed by atoms with van der Waals surface area (Å²) in [5.74, 6) is 0. The van der Waals surface area contributed by atoms with E-state index in [-0.39, 0.29) is 5.02 Å². The smallest absolute Gasteiger partial charge is 0.236 e. The summed E-state index contributed by atoms with van der Waals surface area (Å²) in [5, 5.41) is 0.251. The van der Waals surface area contributed by atoms with E-state index in [1.54, 1.807) is 6.07 Å². The molecule has 0 aliphatic carbocycles. The Balaban J connectivity index is 2.14. The van der Waals surface area contributed by atoms with Crippen molar-refractivity contribution in [1.29, 1.82) is 0 Å². The second kappa shape index (κ2) is 5.00. The van der Waals surface area contributed by atoms with Crippen LogP contribution in [0.2, 0.25) is 5.02 Å². The monoisotopic (exact) mass is 327 g/mol. The topological polar surface area (TPSA) is 12.9 Å². The van der Waals surface area contributed by atoms with Crippen molar-refractivity contribution in [2.45, 2.75) is 13.1 Å². The first-order valence-corrected chi connectivity index (χ1v) is 7.28.